The van der Waals surface area contributed by atoms with Crippen LogP contribution in [0.25, 0.3) is 0 Å². The predicted octanol–water partition coefficient (Wildman–Crippen LogP) is 3.76. The van der Waals surface area contributed by atoms with Gasteiger partial charge >= 0.3 is 0 Å². The van der Waals surface area contributed by atoms with Crippen molar-refractivity contribution in [3.63, 3.8) is 0 Å². The third-order valence-corrected chi connectivity index (χ3v) is 3.45. The normalized spacial score (nSPS) is 12.4. The second-order valence-corrected chi connectivity index (χ2v) is 4.98. The molecule has 4 heteroatoms. The highest BCUT2D eigenvalue weighted by atomic mass is 32.1. The molecule has 1 N–H and O–H groups in total. The molecule has 2 rings (SSSR count). The lowest BCUT2D eigenvalue weighted by Gasteiger charge is -2.12. The lowest BCUT2D eigenvalue weighted by molar-refractivity contribution is 0.584. The summed E-state index contributed by atoms with van der Waals surface area (Å²) in [6.45, 7) is 4.11. The van der Waals surface area contributed by atoms with Gasteiger partial charge in [-0.1, -0.05) is 6.07 Å². The van der Waals surface area contributed by atoms with Crippen LogP contribution in [-0.4, -0.2) is 4.98 Å². The van der Waals surface area contributed by atoms with Crippen LogP contribution in [0.3, 0.4) is 0 Å². The molecular formula is C12H13FN2S. The molecule has 0 saturated heterocycles. The highest BCUT2D eigenvalue weighted by Crippen LogP contribution is 2.24. The quantitative estimate of drug-likeness (QED) is 0.821. The Morgan fingerprint density at radius 2 is 2.12 bits per heavy atom. The summed E-state index contributed by atoms with van der Waals surface area (Å²) in [5, 5.41) is 3.17. The van der Waals surface area contributed by atoms with E-state index in [0.717, 1.165) is 0 Å². The molecule has 2 heterocycles. The van der Waals surface area contributed by atoms with Gasteiger partial charge in [-0.2, -0.15) is 4.39 Å². The van der Waals surface area contributed by atoms with Crippen molar-refractivity contribution in [3.05, 3.63) is 46.0 Å². The fourth-order valence-corrected chi connectivity index (χ4v) is 2.35. The Hall–Kier alpha value is -1.42. The number of thiophene rings is 1. The number of nitrogens with one attached hydrogen (secondary N) is 1. The maximum atomic E-state index is 12.9. The molecule has 0 aliphatic heterocycles. The SMILES string of the molecule is Cc1ccc(C(C)Nc2cccc(F)n2)s1. The van der Waals surface area contributed by atoms with Crippen LogP contribution in [0, 0.1) is 12.9 Å². The topological polar surface area (TPSA) is 24.9 Å². The Balaban J connectivity index is 2.10. The van der Waals surface area contributed by atoms with Crippen molar-refractivity contribution >= 4 is 17.2 Å². The molecule has 0 radical (unpaired) electrons. The molecule has 2 nitrogen and oxygen atoms in total. The molecule has 0 saturated carbocycles. The smallest absolute Gasteiger partial charge is 0.214 e. The Morgan fingerprint density at radius 1 is 1.31 bits per heavy atom. The van der Waals surface area contributed by atoms with Crippen LogP contribution < -0.4 is 5.32 Å². The number of aryl methyl sites for hydroxylation is 1. The molecule has 0 fully saturated rings. The van der Waals surface area contributed by atoms with Gasteiger partial charge in [0.25, 0.3) is 0 Å². The molecular weight excluding hydrogens is 223 g/mol. The van der Waals surface area contributed by atoms with E-state index >= 15 is 0 Å². The highest BCUT2D eigenvalue weighted by Gasteiger charge is 2.08. The van der Waals surface area contributed by atoms with E-state index < -0.39 is 5.95 Å². The number of aromatic nitrogens is 1. The van der Waals surface area contributed by atoms with Crippen molar-refractivity contribution in [2.75, 3.05) is 5.32 Å². The van der Waals surface area contributed by atoms with Gasteiger partial charge in [0, 0.05) is 9.75 Å². The zero-order valence-corrected chi connectivity index (χ0v) is 10.0. The minimum atomic E-state index is -0.459. The average molecular weight is 236 g/mol. The maximum absolute atomic E-state index is 12.9. The third-order valence-electron chi connectivity index (χ3n) is 2.27. The Bertz CT molecular complexity index is 481. The summed E-state index contributed by atoms with van der Waals surface area (Å²) in [7, 11) is 0. The second kappa shape index (κ2) is 4.61. The zero-order valence-electron chi connectivity index (χ0n) is 9.20. The van der Waals surface area contributed by atoms with Gasteiger partial charge < -0.3 is 5.32 Å². The highest BCUT2D eigenvalue weighted by molar-refractivity contribution is 7.12. The van der Waals surface area contributed by atoms with Gasteiger partial charge in [0.15, 0.2) is 0 Å². The van der Waals surface area contributed by atoms with Crippen molar-refractivity contribution in [1.29, 1.82) is 0 Å². The summed E-state index contributed by atoms with van der Waals surface area (Å²) in [6, 6.07) is 9.06. The number of anilines is 1. The summed E-state index contributed by atoms with van der Waals surface area (Å²) in [6.07, 6.45) is 0. The largest absolute Gasteiger partial charge is 0.363 e. The molecule has 0 bridgehead atoms. The minimum Gasteiger partial charge on any atom is -0.363 e. The Labute approximate surface area is 98.2 Å². The van der Waals surface area contributed by atoms with Crippen LogP contribution in [-0.2, 0) is 0 Å². The van der Waals surface area contributed by atoms with E-state index in [1.165, 1.54) is 15.8 Å². The van der Waals surface area contributed by atoms with E-state index in [2.05, 4.69) is 29.4 Å². The molecule has 2 aromatic rings. The number of hydrogen-bond donors (Lipinski definition) is 1. The summed E-state index contributed by atoms with van der Waals surface area (Å²) >= 11 is 1.74. The predicted molar refractivity (Wildman–Crippen MR) is 65.3 cm³/mol. The molecule has 1 atom stereocenters. The zero-order chi connectivity index (χ0) is 11.5. The summed E-state index contributed by atoms with van der Waals surface area (Å²) in [4.78, 5) is 6.27. The Kier molecular flexibility index (Phi) is 3.19. The number of nitrogens with zero attached hydrogens (tertiary/aromatic N) is 1. The molecule has 0 spiro atoms. The number of rotatable bonds is 3. The molecule has 0 aromatic carbocycles. The van der Waals surface area contributed by atoms with Gasteiger partial charge in [-0.3, -0.25) is 0 Å². The summed E-state index contributed by atoms with van der Waals surface area (Å²) in [5.74, 6) is 0.109. The maximum Gasteiger partial charge on any atom is 0.214 e. The summed E-state index contributed by atoms with van der Waals surface area (Å²) in [5.41, 5.74) is 0. The molecule has 16 heavy (non-hydrogen) atoms. The van der Waals surface area contributed by atoms with Gasteiger partial charge in [-0.05, 0) is 38.1 Å². The standard InChI is InChI=1S/C12H13FN2S/c1-8-6-7-10(16-8)9(2)14-12-5-3-4-11(13)15-12/h3-7,9H,1-2H3,(H,14,15). The average Bonchev–Trinajstić information content (AvgIpc) is 2.65. The van der Waals surface area contributed by atoms with E-state index in [0.29, 0.717) is 5.82 Å². The first-order chi connectivity index (χ1) is 7.65. The van der Waals surface area contributed by atoms with E-state index in [1.54, 1.807) is 23.5 Å². The first-order valence-corrected chi connectivity index (χ1v) is 5.92. The van der Waals surface area contributed by atoms with Crippen LogP contribution in [0.15, 0.2) is 30.3 Å². The lowest BCUT2D eigenvalue weighted by atomic mass is 10.2. The van der Waals surface area contributed by atoms with Crippen LogP contribution >= 0.6 is 11.3 Å². The van der Waals surface area contributed by atoms with Crippen molar-refractivity contribution < 1.29 is 4.39 Å². The van der Waals surface area contributed by atoms with Crippen molar-refractivity contribution in [2.45, 2.75) is 19.9 Å². The van der Waals surface area contributed by atoms with E-state index in [1.807, 2.05) is 6.92 Å². The van der Waals surface area contributed by atoms with Gasteiger partial charge in [0.05, 0.1) is 6.04 Å². The number of hydrogen-bond acceptors (Lipinski definition) is 3. The molecule has 84 valence electrons. The Morgan fingerprint density at radius 3 is 2.75 bits per heavy atom. The third kappa shape index (κ3) is 2.58. The molecule has 1 unspecified atom stereocenters. The lowest BCUT2D eigenvalue weighted by Crippen LogP contribution is -2.06. The van der Waals surface area contributed by atoms with E-state index in [-0.39, 0.29) is 6.04 Å². The van der Waals surface area contributed by atoms with Crippen molar-refractivity contribution in [1.82, 2.24) is 4.98 Å². The first kappa shape index (κ1) is 11.1. The van der Waals surface area contributed by atoms with Gasteiger partial charge in [0.1, 0.15) is 5.82 Å². The number of halogens is 1. The fourth-order valence-electron chi connectivity index (χ4n) is 1.47. The van der Waals surface area contributed by atoms with Gasteiger partial charge in [0.2, 0.25) is 5.95 Å². The van der Waals surface area contributed by atoms with Crippen LogP contribution in [0.4, 0.5) is 10.2 Å². The van der Waals surface area contributed by atoms with Crippen LogP contribution in [0.1, 0.15) is 22.7 Å². The van der Waals surface area contributed by atoms with Gasteiger partial charge in [-0.25, -0.2) is 4.98 Å². The molecule has 0 aliphatic carbocycles. The van der Waals surface area contributed by atoms with Crippen molar-refractivity contribution in [2.24, 2.45) is 0 Å². The second-order valence-electron chi connectivity index (χ2n) is 3.66. The first-order valence-electron chi connectivity index (χ1n) is 5.10. The molecule has 0 amide bonds. The minimum absolute atomic E-state index is 0.146. The van der Waals surface area contributed by atoms with E-state index in [9.17, 15) is 4.39 Å². The van der Waals surface area contributed by atoms with E-state index in [4.69, 9.17) is 0 Å². The molecule has 2 aromatic heterocycles. The fraction of sp³-hybridized carbons (Fsp3) is 0.250. The molecule has 0 aliphatic rings. The van der Waals surface area contributed by atoms with Gasteiger partial charge in [-0.15, -0.1) is 11.3 Å². The van der Waals surface area contributed by atoms with Crippen molar-refractivity contribution in [3.8, 4) is 0 Å². The summed E-state index contributed by atoms with van der Waals surface area (Å²) < 4.78 is 12.9. The van der Waals surface area contributed by atoms with Crippen LogP contribution in [0.2, 0.25) is 0 Å². The number of pyridine rings is 1. The monoisotopic (exact) mass is 236 g/mol. The van der Waals surface area contributed by atoms with Crippen LogP contribution in [0.5, 0.6) is 0 Å².